The quantitative estimate of drug-likeness (QED) is 0.717. The summed E-state index contributed by atoms with van der Waals surface area (Å²) < 4.78 is 0.943. The normalized spacial score (nSPS) is 11.9. The Hall–Kier alpha value is -3.03. The fraction of sp³-hybridized carbons (Fsp3) is 0.312. The van der Waals surface area contributed by atoms with Crippen molar-refractivity contribution in [1.29, 1.82) is 0 Å². The summed E-state index contributed by atoms with van der Waals surface area (Å²) in [5.41, 5.74) is -1.09. The summed E-state index contributed by atoms with van der Waals surface area (Å²) in [4.78, 5) is 41.1. The van der Waals surface area contributed by atoms with Crippen LogP contribution in [0.1, 0.15) is 30.6 Å². The predicted molar refractivity (Wildman–Crippen MR) is 86.2 cm³/mol. The number of carbonyl (C=O) groups is 2. The Morgan fingerprint density at radius 2 is 2.00 bits per heavy atom. The number of amides is 1. The number of fused-ring (bicyclic) bond motifs is 1. The molecule has 0 saturated carbocycles. The van der Waals surface area contributed by atoms with Crippen molar-refractivity contribution in [1.82, 2.24) is 10.0 Å². The predicted octanol–water partition coefficient (Wildman–Crippen LogP) is 0.749. The first kappa shape index (κ1) is 17.3. The molecule has 8 nitrogen and oxygen atoms in total. The van der Waals surface area contributed by atoms with Crippen LogP contribution in [0.15, 0.2) is 29.1 Å². The third kappa shape index (κ3) is 3.17. The van der Waals surface area contributed by atoms with Crippen LogP contribution in [0.25, 0.3) is 10.9 Å². The van der Waals surface area contributed by atoms with Crippen LogP contribution in [0.2, 0.25) is 0 Å². The zero-order chi connectivity index (χ0) is 17.9. The van der Waals surface area contributed by atoms with Gasteiger partial charge in [-0.3, -0.25) is 14.4 Å². The van der Waals surface area contributed by atoms with Gasteiger partial charge >= 0.3 is 5.97 Å². The maximum Gasteiger partial charge on any atom is 0.325 e. The average molecular weight is 334 g/mol. The summed E-state index contributed by atoms with van der Waals surface area (Å²) in [6.07, 6.45) is 0.638. The van der Waals surface area contributed by atoms with Gasteiger partial charge in [-0.15, -0.1) is 4.73 Å². The van der Waals surface area contributed by atoms with Gasteiger partial charge in [-0.25, -0.2) is 0 Å². The van der Waals surface area contributed by atoms with Crippen molar-refractivity contribution in [2.24, 2.45) is 0 Å². The van der Waals surface area contributed by atoms with E-state index in [2.05, 4.69) is 5.32 Å². The molecule has 0 saturated heterocycles. The second-order valence-corrected chi connectivity index (χ2v) is 5.21. The standard InChI is InChI=1S/C16H18N2O6/c1-3-8-24-18-11-7-5-4-6-10(11)13(19)12(15(18)21)14(20)17-9(2)16(22)23/h4-7,9,19H,3,8H2,1-2H3,(H,17,20)(H,22,23). The number of benzene rings is 1. The van der Waals surface area contributed by atoms with Crippen LogP contribution < -0.4 is 15.7 Å². The third-order valence-corrected chi connectivity index (χ3v) is 3.38. The number of carboxylic acids is 1. The monoisotopic (exact) mass is 334 g/mol. The summed E-state index contributed by atoms with van der Waals surface area (Å²) >= 11 is 0. The summed E-state index contributed by atoms with van der Waals surface area (Å²) in [6, 6.07) is 5.20. The molecule has 1 amide bonds. The lowest BCUT2D eigenvalue weighted by Crippen LogP contribution is -2.42. The van der Waals surface area contributed by atoms with Crippen LogP contribution in [0.4, 0.5) is 0 Å². The molecule has 0 spiro atoms. The van der Waals surface area contributed by atoms with Crippen LogP contribution in [-0.2, 0) is 4.79 Å². The molecule has 2 aromatic rings. The number of pyridine rings is 1. The van der Waals surface area contributed by atoms with Gasteiger partial charge in [-0.05, 0) is 25.5 Å². The number of hydrogen-bond donors (Lipinski definition) is 3. The van der Waals surface area contributed by atoms with E-state index in [1.807, 2.05) is 6.92 Å². The Morgan fingerprint density at radius 3 is 2.62 bits per heavy atom. The first-order chi connectivity index (χ1) is 11.4. The lowest BCUT2D eigenvalue weighted by atomic mass is 10.1. The van der Waals surface area contributed by atoms with Crippen LogP contribution in [0, 0.1) is 0 Å². The van der Waals surface area contributed by atoms with Gasteiger partial charge in [0.2, 0.25) is 0 Å². The highest BCUT2D eigenvalue weighted by Crippen LogP contribution is 2.25. The fourth-order valence-corrected chi connectivity index (χ4v) is 2.14. The largest absolute Gasteiger partial charge is 0.506 e. The first-order valence-electron chi connectivity index (χ1n) is 7.42. The number of carboxylic acid groups (broad SMARTS) is 1. The van der Waals surface area contributed by atoms with Crippen LogP contribution >= 0.6 is 0 Å². The van der Waals surface area contributed by atoms with E-state index in [9.17, 15) is 19.5 Å². The van der Waals surface area contributed by atoms with Crippen molar-refractivity contribution < 1.29 is 24.6 Å². The van der Waals surface area contributed by atoms with Gasteiger partial charge in [0.15, 0.2) is 5.56 Å². The molecule has 0 aliphatic carbocycles. The van der Waals surface area contributed by atoms with Gasteiger partial charge in [0, 0.05) is 5.39 Å². The number of carbonyl (C=O) groups excluding carboxylic acids is 1. The first-order valence-corrected chi connectivity index (χ1v) is 7.42. The SMILES string of the molecule is CCCOn1c(=O)c(C(=O)NC(C)C(=O)O)c(O)c2ccccc21. The number of rotatable bonds is 6. The van der Waals surface area contributed by atoms with E-state index in [4.69, 9.17) is 9.94 Å². The number of aromatic nitrogens is 1. The molecule has 0 aliphatic heterocycles. The smallest absolute Gasteiger partial charge is 0.325 e. The molecule has 0 radical (unpaired) electrons. The van der Waals surface area contributed by atoms with Gasteiger partial charge < -0.3 is 20.4 Å². The van der Waals surface area contributed by atoms with E-state index in [-0.39, 0.29) is 12.0 Å². The van der Waals surface area contributed by atoms with Crippen LogP contribution in [0.5, 0.6) is 5.75 Å². The minimum absolute atomic E-state index is 0.237. The number of nitrogens with zero attached hydrogens (tertiary/aromatic N) is 1. The Balaban J connectivity index is 2.63. The molecule has 0 aliphatic rings. The van der Waals surface area contributed by atoms with E-state index in [1.54, 1.807) is 18.2 Å². The third-order valence-electron chi connectivity index (χ3n) is 3.38. The summed E-state index contributed by atoms with van der Waals surface area (Å²) in [7, 11) is 0. The Morgan fingerprint density at radius 1 is 1.33 bits per heavy atom. The van der Waals surface area contributed by atoms with Gasteiger partial charge in [-0.1, -0.05) is 19.1 Å². The molecular weight excluding hydrogens is 316 g/mol. The molecule has 1 atom stereocenters. The highest BCUT2D eigenvalue weighted by atomic mass is 16.7. The number of aromatic hydroxyl groups is 1. The molecule has 0 bridgehead atoms. The molecule has 128 valence electrons. The molecule has 1 aromatic heterocycles. The molecule has 2 rings (SSSR count). The highest BCUT2D eigenvalue weighted by molar-refractivity contribution is 6.03. The number of aliphatic carboxylic acids is 1. The minimum atomic E-state index is -1.26. The van der Waals surface area contributed by atoms with E-state index in [0.29, 0.717) is 11.9 Å². The summed E-state index contributed by atoms with van der Waals surface area (Å²) in [5.74, 6) is -2.75. The van der Waals surface area contributed by atoms with E-state index >= 15 is 0 Å². The summed E-state index contributed by atoms with van der Waals surface area (Å²) in [6.45, 7) is 3.35. The minimum Gasteiger partial charge on any atom is -0.506 e. The molecule has 0 fully saturated rings. The molecular formula is C16H18N2O6. The number of hydrogen-bond acceptors (Lipinski definition) is 5. The second-order valence-electron chi connectivity index (χ2n) is 5.21. The molecule has 1 aromatic carbocycles. The van der Waals surface area contributed by atoms with Crippen LogP contribution in [-0.4, -0.2) is 39.5 Å². The van der Waals surface area contributed by atoms with Gasteiger partial charge in [-0.2, -0.15) is 0 Å². The lowest BCUT2D eigenvalue weighted by molar-refractivity contribution is -0.138. The zero-order valence-electron chi connectivity index (χ0n) is 13.3. The fourth-order valence-electron chi connectivity index (χ4n) is 2.14. The second kappa shape index (κ2) is 7.03. The van der Waals surface area contributed by atoms with Crippen molar-refractivity contribution in [2.75, 3.05) is 6.61 Å². The summed E-state index contributed by atoms with van der Waals surface area (Å²) in [5, 5.41) is 21.6. The molecule has 24 heavy (non-hydrogen) atoms. The van der Waals surface area contributed by atoms with Crippen molar-refractivity contribution >= 4 is 22.8 Å². The molecule has 8 heteroatoms. The average Bonchev–Trinajstić information content (AvgIpc) is 2.54. The molecule has 1 unspecified atom stereocenters. The van der Waals surface area contributed by atoms with E-state index < -0.39 is 34.8 Å². The topological polar surface area (TPSA) is 118 Å². The maximum atomic E-state index is 12.6. The zero-order valence-corrected chi connectivity index (χ0v) is 13.3. The molecule has 3 N–H and O–H groups in total. The van der Waals surface area contributed by atoms with E-state index in [0.717, 1.165) is 4.73 Å². The van der Waals surface area contributed by atoms with Crippen molar-refractivity contribution in [3.8, 4) is 5.75 Å². The molecule has 1 heterocycles. The lowest BCUT2D eigenvalue weighted by Gasteiger charge is -2.15. The van der Waals surface area contributed by atoms with Crippen molar-refractivity contribution in [2.45, 2.75) is 26.3 Å². The van der Waals surface area contributed by atoms with Gasteiger partial charge in [0.25, 0.3) is 11.5 Å². The van der Waals surface area contributed by atoms with Crippen molar-refractivity contribution in [3.05, 3.63) is 40.2 Å². The highest BCUT2D eigenvalue weighted by Gasteiger charge is 2.25. The van der Waals surface area contributed by atoms with Crippen molar-refractivity contribution in [3.63, 3.8) is 0 Å². The Labute approximate surface area is 137 Å². The maximum absolute atomic E-state index is 12.6. The number of nitrogens with one attached hydrogen (secondary N) is 1. The van der Waals surface area contributed by atoms with Gasteiger partial charge in [0.1, 0.15) is 18.4 Å². The van der Waals surface area contributed by atoms with Gasteiger partial charge in [0.05, 0.1) is 5.52 Å². The number of para-hydroxylation sites is 1. The Bertz CT molecular complexity index is 842. The van der Waals surface area contributed by atoms with Crippen LogP contribution in [0.3, 0.4) is 0 Å². The Kier molecular flexibility index (Phi) is 5.08. The van der Waals surface area contributed by atoms with E-state index in [1.165, 1.54) is 13.0 Å².